The Morgan fingerprint density at radius 1 is 1.15 bits per heavy atom. The second-order valence-electron chi connectivity index (χ2n) is 6.84. The van der Waals surface area contributed by atoms with Crippen molar-refractivity contribution in [2.75, 3.05) is 24.4 Å². The number of likely N-dealkylation sites (tertiary alicyclic amines) is 1. The van der Waals surface area contributed by atoms with E-state index in [1.165, 1.54) is 29.8 Å². The van der Waals surface area contributed by atoms with Crippen LogP contribution in [0.1, 0.15) is 41.6 Å². The lowest BCUT2D eigenvalue weighted by Crippen LogP contribution is -2.20. The van der Waals surface area contributed by atoms with Gasteiger partial charge in [-0.2, -0.15) is 0 Å². The average Bonchev–Trinajstić information content (AvgIpc) is 3.11. The standard InChI is InChI=1S/C20H24N2O4S/c1-2-12-22-13-11-17(14-22)15-3-7-18(8-4-15)21-27(25,26)19-9-5-16(6-10-19)20(23)24/h3-10,17,21H,2,11-14H2,1H3,(H,23,24)/t17-/m1/s1. The van der Waals surface area contributed by atoms with Gasteiger partial charge in [0.05, 0.1) is 10.5 Å². The number of hydrogen-bond donors (Lipinski definition) is 2. The number of sulfonamides is 1. The molecule has 1 aliphatic heterocycles. The highest BCUT2D eigenvalue weighted by atomic mass is 32.2. The molecule has 0 aliphatic carbocycles. The zero-order chi connectivity index (χ0) is 19.4. The second kappa shape index (κ2) is 8.10. The summed E-state index contributed by atoms with van der Waals surface area (Å²) in [5, 5.41) is 8.91. The summed E-state index contributed by atoms with van der Waals surface area (Å²) in [6, 6.07) is 12.7. The number of nitrogens with one attached hydrogen (secondary N) is 1. The first kappa shape index (κ1) is 19.4. The van der Waals surface area contributed by atoms with Gasteiger partial charge in [-0.15, -0.1) is 0 Å². The quantitative estimate of drug-likeness (QED) is 0.759. The number of carbonyl (C=O) groups is 1. The first-order chi connectivity index (χ1) is 12.9. The van der Waals surface area contributed by atoms with Gasteiger partial charge in [0.2, 0.25) is 0 Å². The molecule has 0 radical (unpaired) electrons. The summed E-state index contributed by atoms with van der Waals surface area (Å²) in [7, 11) is -3.75. The van der Waals surface area contributed by atoms with Gasteiger partial charge in [0.15, 0.2) is 0 Å². The number of hydrogen-bond acceptors (Lipinski definition) is 4. The minimum absolute atomic E-state index is 0.0302. The molecule has 2 aromatic carbocycles. The van der Waals surface area contributed by atoms with E-state index in [2.05, 4.69) is 16.5 Å². The summed E-state index contributed by atoms with van der Waals surface area (Å²) < 4.78 is 27.5. The van der Waals surface area contributed by atoms with Gasteiger partial charge in [-0.05, 0) is 73.8 Å². The molecule has 144 valence electrons. The predicted molar refractivity (Wildman–Crippen MR) is 105 cm³/mol. The van der Waals surface area contributed by atoms with Gasteiger partial charge in [-0.25, -0.2) is 13.2 Å². The van der Waals surface area contributed by atoms with Crippen LogP contribution in [0.2, 0.25) is 0 Å². The van der Waals surface area contributed by atoms with E-state index in [1.807, 2.05) is 12.1 Å². The van der Waals surface area contributed by atoms with E-state index in [1.54, 1.807) is 12.1 Å². The molecule has 3 rings (SSSR count). The zero-order valence-electron chi connectivity index (χ0n) is 15.3. The highest BCUT2D eigenvalue weighted by Crippen LogP contribution is 2.28. The molecule has 0 aromatic heterocycles. The van der Waals surface area contributed by atoms with Gasteiger partial charge in [-0.1, -0.05) is 19.1 Å². The minimum atomic E-state index is -3.75. The van der Waals surface area contributed by atoms with Crippen LogP contribution < -0.4 is 4.72 Å². The normalized spacial score (nSPS) is 17.7. The Morgan fingerprint density at radius 2 is 1.81 bits per heavy atom. The van der Waals surface area contributed by atoms with Crippen molar-refractivity contribution in [2.45, 2.75) is 30.6 Å². The van der Waals surface area contributed by atoms with Crippen molar-refractivity contribution in [3.63, 3.8) is 0 Å². The fraction of sp³-hybridized carbons (Fsp3) is 0.350. The van der Waals surface area contributed by atoms with Gasteiger partial charge in [-0.3, -0.25) is 4.72 Å². The van der Waals surface area contributed by atoms with Crippen LogP contribution >= 0.6 is 0 Å². The maximum absolute atomic E-state index is 12.5. The third kappa shape index (κ3) is 4.67. The molecule has 1 heterocycles. The lowest BCUT2D eigenvalue weighted by Gasteiger charge is -2.15. The van der Waals surface area contributed by atoms with Crippen LogP contribution in [0.3, 0.4) is 0 Å². The van der Waals surface area contributed by atoms with Crippen molar-refractivity contribution >= 4 is 21.7 Å². The molecule has 0 spiro atoms. The molecule has 1 saturated heterocycles. The molecule has 2 aromatic rings. The minimum Gasteiger partial charge on any atom is -0.478 e. The second-order valence-corrected chi connectivity index (χ2v) is 8.53. The molecular formula is C20H24N2O4S. The van der Waals surface area contributed by atoms with Crippen LogP contribution in [-0.4, -0.2) is 44.0 Å². The summed E-state index contributed by atoms with van der Waals surface area (Å²) in [6.07, 6.45) is 2.28. The molecule has 1 fully saturated rings. The zero-order valence-corrected chi connectivity index (χ0v) is 16.1. The van der Waals surface area contributed by atoms with E-state index >= 15 is 0 Å². The fourth-order valence-electron chi connectivity index (χ4n) is 3.44. The van der Waals surface area contributed by atoms with Crippen LogP contribution in [-0.2, 0) is 10.0 Å². The molecule has 0 bridgehead atoms. The van der Waals surface area contributed by atoms with Crippen LogP contribution in [0, 0.1) is 0 Å². The van der Waals surface area contributed by atoms with Gasteiger partial charge in [0, 0.05) is 12.2 Å². The maximum Gasteiger partial charge on any atom is 0.335 e. The molecule has 1 aliphatic rings. The summed E-state index contributed by atoms with van der Waals surface area (Å²) in [4.78, 5) is 13.4. The Morgan fingerprint density at radius 3 is 2.41 bits per heavy atom. The van der Waals surface area contributed by atoms with E-state index in [4.69, 9.17) is 5.11 Å². The van der Waals surface area contributed by atoms with Gasteiger partial charge < -0.3 is 10.0 Å². The van der Waals surface area contributed by atoms with Crippen LogP contribution in [0.15, 0.2) is 53.4 Å². The molecule has 27 heavy (non-hydrogen) atoms. The molecular weight excluding hydrogens is 364 g/mol. The molecule has 0 saturated carbocycles. The van der Waals surface area contributed by atoms with E-state index in [0.29, 0.717) is 11.6 Å². The number of nitrogens with zero attached hydrogens (tertiary/aromatic N) is 1. The fourth-order valence-corrected chi connectivity index (χ4v) is 4.50. The third-order valence-electron chi connectivity index (χ3n) is 4.86. The van der Waals surface area contributed by atoms with Crippen molar-refractivity contribution in [2.24, 2.45) is 0 Å². The van der Waals surface area contributed by atoms with Crippen LogP contribution in [0.4, 0.5) is 5.69 Å². The van der Waals surface area contributed by atoms with Crippen molar-refractivity contribution in [1.29, 1.82) is 0 Å². The molecule has 2 N–H and O–H groups in total. The Hall–Kier alpha value is -2.38. The molecule has 0 unspecified atom stereocenters. The van der Waals surface area contributed by atoms with E-state index in [-0.39, 0.29) is 10.5 Å². The van der Waals surface area contributed by atoms with Crippen molar-refractivity contribution in [3.05, 3.63) is 59.7 Å². The topological polar surface area (TPSA) is 86.7 Å². The third-order valence-corrected chi connectivity index (χ3v) is 6.26. The van der Waals surface area contributed by atoms with Crippen molar-refractivity contribution in [1.82, 2.24) is 4.90 Å². The monoisotopic (exact) mass is 388 g/mol. The van der Waals surface area contributed by atoms with Crippen LogP contribution in [0.5, 0.6) is 0 Å². The van der Waals surface area contributed by atoms with E-state index in [9.17, 15) is 13.2 Å². The Kier molecular flexibility index (Phi) is 5.82. The number of benzene rings is 2. The van der Waals surface area contributed by atoms with E-state index < -0.39 is 16.0 Å². The molecule has 0 amide bonds. The smallest absolute Gasteiger partial charge is 0.335 e. The van der Waals surface area contributed by atoms with E-state index in [0.717, 1.165) is 32.5 Å². The lowest BCUT2D eigenvalue weighted by atomic mass is 9.98. The number of rotatable bonds is 7. The van der Waals surface area contributed by atoms with Gasteiger partial charge in [0.25, 0.3) is 10.0 Å². The van der Waals surface area contributed by atoms with Crippen LogP contribution in [0.25, 0.3) is 0 Å². The largest absolute Gasteiger partial charge is 0.478 e. The number of carboxylic acids is 1. The number of anilines is 1. The summed E-state index contributed by atoms with van der Waals surface area (Å²) in [5.41, 5.74) is 1.76. The van der Waals surface area contributed by atoms with Crippen molar-refractivity contribution in [3.8, 4) is 0 Å². The Labute approximate surface area is 159 Å². The average molecular weight is 388 g/mol. The summed E-state index contributed by atoms with van der Waals surface area (Å²) in [6.45, 7) is 5.46. The summed E-state index contributed by atoms with van der Waals surface area (Å²) in [5.74, 6) is -0.599. The molecule has 6 nitrogen and oxygen atoms in total. The lowest BCUT2D eigenvalue weighted by molar-refractivity contribution is 0.0696. The van der Waals surface area contributed by atoms with Crippen molar-refractivity contribution < 1.29 is 18.3 Å². The molecule has 7 heteroatoms. The SMILES string of the molecule is CCCN1CC[C@@H](c2ccc(NS(=O)(=O)c3ccc(C(=O)O)cc3)cc2)C1. The first-order valence-electron chi connectivity index (χ1n) is 9.07. The van der Waals surface area contributed by atoms with Gasteiger partial charge >= 0.3 is 5.97 Å². The Balaban J connectivity index is 1.67. The summed E-state index contributed by atoms with van der Waals surface area (Å²) >= 11 is 0. The number of carboxylic acid groups (broad SMARTS) is 1. The highest BCUT2D eigenvalue weighted by molar-refractivity contribution is 7.92. The maximum atomic E-state index is 12.5. The Bertz CT molecular complexity index is 893. The highest BCUT2D eigenvalue weighted by Gasteiger charge is 2.23. The first-order valence-corrected chi connectivity index (χ1v) is 10.6. The number of aromatic carboxylic acids is 1. The van der Waals surface area contributed by atoms with Gasteiger partial charge in [0.1, 0.15) is 0 Å². The predicted octanol–water partition coefficient (Wildman–Crippen LogP) is 3.38. The molecule has 1 atom stereocenters.